The molecule has 7 nitrogen and oxygen atoms in total. The van der Waals surface area contributed by atoms with Crippen molar-refractivity contribution in [3.8, 4) is 0 Å². The third kappa shape index (κ3) is 5.53. The van der Waals surface area contributed by atoms with Gasteiger partial charge in [-0.2, -0.15) is 0 Å². The molecule has 3 aromatic rings. The van der Waals surface area contributed by atoms with E-state index in [-0.39, 0.29) is 29.0 Å². The Labute approximate surface area is 219 Å². The first kappa shape index (κ1) is 26.1. The van der Waals surface area contributed by atoms with Gasteiger partial charge in [-0.25, -0.2) is 13.1 Å². The van der Waals surface area contributed by atoms with Gasteiger partial charge in [0.15, 0.2) is 0 Å². The normalized spacial score (nSPS) is 16.6. The molecule has 0 spiro atoms. The number of carbonyl (C=O) groups excluding carboxylic acids is 2. The van der Waals surface area contributed by atoms with Crippen molar-refractivity contribution in [1.29, 1.82) is 0 Å². The molecule has 1 aliphatic rings. The van der Waals surface area contributed by atoms with Crippen molar-refractivity contribution in [2.45, 2.75) is 36.9 Å². The average Bonchev–Trinajstić information content (AvgIpc) is 3.38. The molecule has 0 radical (unpaired) electrons. The smallest absolute Gasteiger partial charge is 0.273 e. The number of sulfonamides is 1. The topological polar surface area (TPSA) is 95.9 Å². The number of benzodiazepines with no additional fused rings is 1. The van der Waals surface area contributed by atoms with Crippen molar-refractivity contribution in [2.24, 2.45) is 10.9 Å². The molecule has 36 heavy (non-hydrogen) atoms. The molecule has 1 aliphatic heterocycles. The lowest BCUT2D eigenvalue weighted by Crippen LogP contribution is -2.43. The summed E-state index contributed by atoms with van der Waals surface area (Å²) in [6.07, 6.45) is 0.527. The van der Waals surface area contributed by atoms with Gasteiger partial charge >= 0.3 is 0 Å². The molecule has 1 N–H and O–H groups in total. The van der Waals surface area contributed by atoms with Crippen LogP contribution in [0.15, 0.2) is 75.2 Å². The number of rotatable bonds is 8. The summed E-state index contributed by atoms with van der Waals surface area (Å²) in [4.78, 5) is 32.9. The van der Waals surface area contributed by atoms with Crippen LogP contribution in [0.5, 0.6) is 0 Å². The van der Waals surface area contributed by atoms with Crippen LogP contribution in [0.3, 0.4) is 0 Å². The van der Waals surface area contributed by atoms with Crippen LogP contribution in [-0.4, -0.2) is 38.5 Å². The Balaban J connectivity index is 1.69. The van der Waals surface area contributed by atoms with E-state index in [1.807, 2.05) is 44.2 Å². The van der Waals surface area contributed by atoms with Gasteiger partial charge in [0.25, 0.3) is 15.9 Å². The second-order valence-electron chi connectivity index (χ2n) is 8.54. The molecule has 2 atom stereocenters. The number of nitrogens with zero attached hydrogens (tertiary/aromatic N) is 2. The van der Waals surface area contributed by atoms with Gasteiger partial charge < -0.3 is 4.90 Å². The number of aliphatic imine (C=N–C) groups is 1. The molecule has 2 aromatic carbocycles. The monoisotopic (exact) mass is 543 g/mol. The fourth-order valence-electron chi connectivity index (χ4n) is 4.01. The summed E-state index contributed by atoms with van der Waals surface area (Å²) < 4.78 is 27.1. The summed E-state index contributed by atoms with van der Waals surface area (Å²) in [7, 11) is -3.95. The van der Waals surface area contributed by atoms with Crippen LogP contribution in [0.2, 0.25) is 5.02 Å². The lowest BCUT2D eigenvalue weighted by molar-refractivity contribution is -0.121. The molecule has 0 bridgehead atoms. The van der Waals surface area contributed by atoms with Crippen molar-refractivity contribution >= 4 is 56.2 Å². The molecule has 2 heterocycles. The van der Waals surface area contributed by atoms with Gasteiger partial charge in [0.2, 0.25) is 5.91 Å². The number of carbonyl (C=O) groups is 2. The zero-order valence-electron chi connectivity index (χ0n) is 19.8. The number of hydrogen-bond donors (Lipinski definition) is 1. The van der Waals surface area contributed by atoms with Crippen LogP contribution in [0, 0.1) is 5.92 Å². The van der Waals surface area contributed by atoms with Crippen molar-refractivity contribution in [1.82, 2.24) is 4.72 Å². The van der Waals surface area contributed by atoms with Gasteiger partial charge in [-0.05, 0) is 35.6 Å². The van der Waals surface area contributed by atoms with Gasteiger partial charge in [-0.3, -0.25) is 14.6 Å². The highest BCUT2D eigenvalue weighted by atomic mass is 35.5. The van der Waals surface area contributed by atoms with E-state index in [0.717, 1.165) is 23.3 Å². The first-order chi connectivity index (χ1) is 17.2. The highest BCUT2D eigenvalue weighted by molar-refractivity contribution is 7.92. The summed E-state index contributed by atoms with van der Waals surface area (Å²) in [6, 6.07) is 17.1. The maximum absolute atomic E-state index is 13.8. The van der Waals surface area contributed by atoms with E-state index in [9.17, 15) is 18.0 Å². The second kappa shape index (κ2) is 10.9. The van der Waals surface area contributed by atoms with Crippen LogP contribution < -0.4 is 9.62 Å². The van der Waals surface area contributed by atoms with Gasteiger partial charge in [0, 0.05) is 29.1 Å². The zero-order valence-corrected chi connectivity index (χ0v) is 22.2. The molecule has 1 unspecified atom stereocenters. The largest absolute Gasteiger partial charge is 0.309 e. The van der Waals surface area contributed by atoms with Crippen molar-refractivity contribution in [3.05, 3.63) is 82.2 Å². The highest BCUT2D eigenvalue weighted by Crippen LogP contribution is 2.33. The first-order valence-electron chi connectivity index (χ1n) is 11.5. The Morgan fingerprint density at radius 1 is 1.17 bits per heavy atom. The number of hydrogen-bond acceptors (Lipinski definition) is 6. The molecule has 0 saturated heterocycles. The summed E-state index contributed by atoms with van der Waals surface area (Å²) >= 11 is 7.38. The Morgan fingerprint density at radius 2 is 1.92 bits per heavy atom. The number of fused-ring (bicyclic) bond motifs is 1. The number of amides is 2. The fourth-order valence-corrected chi connectivity index (χ4v) is 6.19. The van der Waals surface area contributed by atoms with E-state index in [2.05, 4.69) is 4.72 Å². The van der Waals surface area contributed by atoms with Gasteiger partial charge in [0.05, 0.1) is 11.4 Å². The maximum Gasteiger partial charge on any atom is 0.273 e. The number of halogens is 1. The first-order valence-corrected chi connectivity index (χ1v) is 14.3. The molecule has 188 valence electrons. The van der Waals surface area contributed by atoms with Crippen LogP contribution >= 0.6 is 22.9 Å². The highest BCUT2D eigenvalue weighted by Gasteiger charge is 2.35. The summed E-state index contributed by atoms with van der Waals surface area (Å²) in [6.45, 7) is 3.96. The van der Waals surface area contributed by atoms with E-state index in [1.165, 1.54) is 11.0 Å². The maximum atomic E-state index is 13.8. The molecule has 1 aromatic heterocycles. The molecule has 0 saturated carbocycles. The number of thiophene rings is 1. The summed E-state index contributed by atoms with van der Waals surface area (Å²) in [5.74, 6) is -0.996. The average molecular weight is 544 g/mol. The quantitative estimate of drug-likeness (QED) is 0.437. The van der Waals surface area contributed by atoms with Crippen molar-refractivity contribution in [3.63, 3.8) is 0 Å². The molecule has 0 aliphatic carbocycles. The predicted molar refractivity (Wildman–Crippen MR) is 143 cm³/mol. The minimum atomic E-state index is -3.95. The Kier molecular flexibility index (Phi) is 7.92. The minimum Gasteiger partial charge on any atom is -0.309 e. The van der Waals surface area contributed by atoms with E-state index < -0.39 is 22.0 Å². The molecular weight excluding hydrogens is 518 g/mol. The second-order valence-corrected chi connectivity index (χ2v) is 11.8. The molecule has 10 heteroatoms. The van der Waals surface area contributed by atoms with Crippen molar-refractivity contribution in [2.75, 3.05) is 11.4 Å². The van der Waals surface area contributed by atoms with E-state index >= 15 is 0 Å². The third-order valence-electron chi connectivity index (χ3n) is 6.09. The van der Waals surface area contributed by atoms with Crippen LogP contribution in [0.1, 0.15) is 37.8 Å². The molecule has 4 rings (SSSR count). The molecule has 0 fully saturated rings. The zero-order chi connectivity index (χ0) is 25.9. The summed E-state index contributed by atoms with van der Waals surface area (Å²) in [5.41, 5.74) is 2.76. The van der Waals surface area contributed by atoms with Gasteiger partial charge in [0.1, 0.15) is 10.3 Å². The summed E-state index contributed by atoms with van der Waals surface area (Å²) in [5, 5.41) is 2.11. The number of benzene rings is 2. The Bertz CT molecular complexity index is 1390. The molecule has 2 amide bonds. The number of anilines is 1. The minimum absolute atomic E-state index is 0.0101. The van der Waals surface area contributed by atoms with E-state index in [0.29, 0.717) is 22.0 Å². The Hall–Kier alpha value is -3.01. The van der Waals surface area contributed by atoms with E-state index in [1.54, 1.807) is 29.6 Å². The predicted octanol–water partition coefficient (Wildman–Crippen LogP) is 4.90. The standard InChI is InChI=1S/C26H26ClN3O4S2/c1-3-17(2)24-26(32)30(14-13-22(31)29-36(33,34)23-10-7-15-35-23)21-12-11-19(27)16-20(21)25(28-24)18-8-5-4-6-9-18/h4-12,15-17,24H,3,13-14H2,1-2H3,(H,29,31)/t17?,24-/m0/s1. The van der Waals surface area contributed by atoms with Gasteiger partial charge in [-0.1, -0.05) is 68.3 Å². The lowest BCUT2D eigenvalue weighted by atomic mass is 9.98. The Morgan fingerprint density at radius 3 is 2.58 bits per heavy atom. The van der Waals surface area contributed by atoms with E-state index in [4.69, 9.17) is 16.6 Å². The van der Waals surface area contributed by atoms with Crippen LogP contribution in [0.4, 0.5) is 5.69 Å². The van der Waals surface area contributed by atoms with Crippen LogP contribution in [0.25, 0.3) is 0 Å². The fraction of sp³-hybridized carbons (Fsp3) is 0.269. The number of nitrogens with one attached hydrogen (secondary N) is 1. The van der Waals surface area contributed by atoms with Gasteiger partial charge in [-0.15, -0.1) is 11.3 Å². The van der Waals surface area contributed by atoms with Crippen LogP contribution in [-0.2, 0) is 19.6 Å². The van der Waals surface area contributed by atoms with Crippen molar-refractivity contribution < 1.29 is 18.0 Å². The lowest BCUT2D eigenvalue weighted by Gasteiger charge is -2.27. The SMILES string of the molecule is CCC(C)[C@@H]1N=C(c2ccccc2)c2cc(Cl)ccc2N(CCC(=O)NS(=O)(=O)c2cccs2)C1=O. The third-order valence-corrected chi connectivity index (χ3v) is 9.10. The molecular formula is C26H26ClN3O4S2.